The van der Waals surface area contributed by atoms with Gasteiger partial charge in [-0.25, -0.2) is 9.97 Å². The first-order valence-electron chi connectivity index (χ1n) is 6.39. The lowest BCUT2D eigenvalue weighted by molar-refractivity contribution is 0.102. The molecule has 0 saturated heterocycles. The van der Waals surface area contributed by atoms with Crippen LogP contribution in [-0.2, 0) is 0 Å². The summed E-state index contributed by atoms with van der Waals surface area (Å²) in [6.07, 6.45) is 0. The zero-order valence-electron chi connectivity index (χ0n) is 11.0. The first kappa shape index (κ1) is 13.6. The van der Waals surface area contributed by atoms with Crippen molar-refractivity contribution in [2.75, 3.05) is 5.32 Å². The van der Waals surface area contributed by atoms with Crippen LogP contribution >= 0.6 is 34.3 Å². The number of thiazole rings is 2. The number of nitrogens with one attached hydrogen (secondary N) is 1. The standard InChI is InChI=1S/C15H8ClN3OS2/c16-9-2-4-11(14-13(9)18-7-22-14)19-15(20)8-1-3-10-12(5-8)21-6-17-10/h1-7H,(H,19,20). The summed E-state index contributed by atoms with van der Waals surface area (Å²) in [5.41, 5.74) is 6.42. The lowest BCUT2D eigenvalue weighted by Gasteiger charge is -2.07. The maximum Gasteiger partial charge on any atom is 0.255 e. The molecule has 2 aromatic carbocycles. The highest BCUT2D eigenvalue weighted by Crippen LogP contribution is 2.32. The van der Waals surface area contributed by atoms with Gasteiger partial charge in [-0.1, -0.05) is 11.6 Å². The van der Waals surface area contributed by atoms with Crippen LogP contribution in [0.5, 0.6) is 0 Å². The number of carbonyl (C=O) groups is 1. The Balaban J connectivity index is 1.70. The van der Waals surface area contributed by atoms with Crippen molar-refractivity contribution in [3.63, 3.8) is 0 Å². The van der Waals surface area contributed by atoms with Crippen LogP contribution in [0.3, 0.4) is 0 Å². The Bertz CT molecular complexity index is 1010. The van der Waals surface area contributed by atoms with Crippen LogP contribution in [0.25, 0.3) is 20.4 Å². The van der Waals surface area contributed by atoms with Gasteiger partial charge in [0.2, 0.25) is 0 Å². The topological polar surface area (TPSA) is 54.9 Å². The van der Waals surface area contributed by atoms with Gasteiger partial charge in [0.05, 0.1) is 36.6 Å². The average molecular weight is 346 g/mol. The van der Waals surface area contributed by atoms with Crippen molar-refractivity contribution < 1.29 is 4.79 Å². The van der Waals surface area contributed by atoms with Gasteiger partial charge in [-0.3, -0.25) is 4.79 Å². The van der Waals surface area contributed by atoms with E-state index in [-0.39, 0.29) is 5.91 Å². The van der Waals surface area contributed by atoms with E-state index in [1.165, 1.54) is 22.7 Å². The molecule has 1 N–H and O–H groups in total. The van der Waals surface area contributed by atoms with E-state index in [0.29, 0.717) is 16.1 Å². The number of aromatic nitrogens is 2. The Morgan fingerprint density at radius 1 is 1.09 bits per heavy atom. The normalized spacial score (nSPS) is 11.1. The fraction of sp³-hybridized carbons (Fsp3) is 0. The fourth-order valence-electron chi connectivity index (χ4n) is 2.21. The Hall–Kier alpha value is -2.02. The number of fused-ring (bicyclic) bond motifs is 2. The van der Waals surface area contributed by atoms with Crippen molar-refractivity contribution >= 4 is 66.3 Å². The van der Waals surface area contributed by atoms with E-state index in [9.17, 15) is 4.79 Å². The predicted octanol–water partition coefficient (Wildman–Crippen LogP) is 4.81. The molecule has 0 spiro atoms. The minimum Gasteiger partial charge on any atom is -0.321 e. The average Bonchev–Trinajstić information content (AvgIpc) is 3.18. The summed E-state index contributed by atoms with van der Waals surface area (Å²) in [5.74, 6) is -0.160. The lowest BCUT2D eigenvalue weighted by Crippen LogP contribution is -2.11. The Labute approximate surface area is 138 Å². The second-order valence-electron chi connectivity index (χ2n) is 4.61. The molecule has 4 nitrogen and oxygen atoms in total. The molecule has 0 aliphatic rings. The molecular weight excluding hydrogens is 338 g/mol. The minimum atomic E-state index is -0.160. The molecular formula is C15H8ClN3OS2. The summed E-state index contributed by atoms with van der Waals surface area (Å²) in [7, 11) is 0. The van der Waals surface area contributed by atoms with Gasteiger partial charge >= 0.3 is 0 Å². The molecule has 0 saturated carbocycles. The van der Waals surface area contributed by atoms with E-state index >= 15 is 0 Å². The molecule has 0 unspecified atom stereocenters. The third kappa shape index (κ3) is 2.25. The number of nitrogens with zero attached hydrogens (tertiary/aromatic N) is 2. The molecule has 7 heteroatoms. The van der Waals surface area contributed by atoms with Crippen LogP contribution in [0.2, 0.25) is 5.02 Å². The zero-order chi connectivity index (χ0) is 15.1. The number of carbonyl (C=O) groups excluding carboxylic acids is 1. The first-order valence-corrected chi connectivity index (χ1v) is 8.52. The van der Waals surface area contributed by atoms with Gasteiger partial charge in [0, 0.05) is 5.56 Å². The summed E-state index contributed by atoms with van der Waals surface area (Å²) >= 11 is 9.07. The second-order valence-corrected chi connectivity index (χ2v) is 6.76. The van der Waals surface area contributed by atoms with Crippen LogP contribution in [0.1, 0.15) is 10.4 Å². The van der Waals surface area contributed by atoms with E-state index in [4.69, 9.17) is 11.6 Å². The summed E-state index contributed by atoms with van der Waals surface area (Å²) in [5, 5.41) is 3.51. The van der Waals surface area contributed by atoms with Crippen molar-refractivity contribution in [3.05, 3.63) is 51.9 Å². The fourth-order valence-corrected chi connectivity index (χ4v) is 3.97. The molecule has 2 heterocycles. The SMILES string of the molecule is O=C(Nc1ccc(Cl)c2ncsc12)c1ccc2ncsc2c1. The molecule has 4 rings (SSSR count). The summed E-state index contributed by atoms with van der Waals surface area (Å²) < 4.78 is 1.87. The summed E-state index contributed by atoms with van der Waals surface area (Å²) in [6.45, 7) is 0. The quantitative estimate of drug-likeness (QED) is 0.567. The van der Waals surface area contributed by atoms with E-state index in [1.54, 1.807) is 29.2 Å². The molecule has 108 valence electrons. The van der Waals surface area contributed by atoms with E-state index in [1.807, 2.05) is 12.1 Å². The summed E-state index contributed by atoms with van der Waals surface area (Å²) in [4.78, 5) is 20.9. The number of hydrogen-bond acceptors (Lipinski definition) is 5. The van der Waals surface area contributed by atoms with E-state index < -0.39 is 0 Å². The van der Waals surface area contributed by atoms with Gasteiger partial charge in [0.1, 0.15) is 5.52 Å². The number of hydrogen-bond donors (Lipinski definition) is 1. The zero-order valence-corrected chi connectivity index (χ0v) is 13.4. The maximum absolute atomic E-state index is 12.5. The largest absolute Gasteiger partial charge is 0.321 e. The molecule has 2 aromatic heterocycles. The number of anilines is 1. The van der Waals surface area contributed by atoms with Crippen molar-refractivity contribution in [2.24, 2.45) is 0 Å². The lowest BCUT2D eigenvalue weighted by atomic mass is 10.2. The number of amides is 1. The molecule has 4 aromatic rings. The number of benzene rings is 2. The van der Waals surface area contributed by atoms with E-state index in [0.717, 1.165) is 20.6 Å². The van der Waals surface area contributed by atoms with Crippen LogP contribution in [0.4, 0.5) is 5.69 Å². The molecule has 0 radical (unpaired) electrons. The molecule has 0 bridgehead atoms. The predicted molar refractivity (Wildman–Crippen MR) is 92.2 cm³/mol. The first-order chi connectivity index (χ1) is 10.7. The van der Waals surface area contributed by atoms with Crippen molar-refractivity contribution in [1.82, 2.24) is 9.97 Å². The Morgan fingerprint density at radius 2 is 1.95 bits per heavy atom. The van der Waals surface area contributed by atoms with Gasteiger partial charge in [-0.05, 0) is 30.3 Å². The molecule has 0 aliphatic carbocycles. The highest BCUT2D eigenvalue weighted by Gasteiger charge is 2.12. The molecule has 22 heavy (non-hydrogen) atoms. The van der Waals surface area contributed by atoms with Crippen LogP contribution in [0.15, 0.2) is 41.4 Å². The molecule has 1 amide bonds. The smallest absolute Gasteiger partial charge is 0.255 e. The van der Waals surface area contributed by atoms with Gasteiger partial charge in [-0.2, -0.15) is 0 Å². The highest BCUT2D eigenvalue weighted by molar-refractivity contribution is 7.17. The van der Waals surface area contributed by atoms with Crippen LogP contribution in [0, 0.1) is 0 Å². The number of rotatable bonds is 2. The monoisotopic (exact) mass is 345 g/mol. The molecule has 0 atom stereocenters. The Morgan fingerprint density at radius 3 is 2.86 bits per heavy atom. The van der Waals surface area contributed by atoms with Crippen LogP contribution in [-0.4, -0.2) is 15.9 Å². The van der Waals surface area contributed by atoms with Gasteiger partial charge in [-0.15, -0.1) is 22.7 Å². The van der Waals surface area contributed by atoms with E-state index in [2.05, 4.69) is 15.3 Å². The second kappa shape index (κ2) is 5.31. The van der Waals surface area contributed by atoms with Crippen molar-refractivity contribution in [2.45, 2.75) is 0 Å². The van der Waals surface area contributed by atoms with Gasteiger partial charge < -0.3 is 5.32 Å². The third-order valence-corrected chi connectivity index (χ3v) is 5.23. The van der Waals surface area contributed by atoms with Gasteiger partial charge in [0.25, 0.3) is 5.91 Å². The van der Waals surface area contributed by atoms with Crippen molar-refractivity contribution in [1.29, 1.82) is 0 Å². The molecule has 0 aliphatic heterocycles. The van der Waals surface area contributed by atoms with Gasteiger partial charge in [0.15, 0.2) is 0 Å². The third-order valence-electron chi connectivity index (χ3n) is 3.28. The van der Waals surface area contributed by atoms with Crippen molar-refractivity contribution in [3.8, 4) is 0 Å². The number of halogens is 1. The maximum atomic E-state index is 12.5. The highest BCUT2D eigenvalue weighted by atomic mass is 35.5. The Kier molecular flexibility index (Phi) is 3.29. The minimum absolute atomic E-state index is 0.160. The van der Waals surface area contributed by atoms with Crippen LogP contribution < -0.4 is 5.32 Å². The molecule has 0 fully saturated rings. The summed E-state index contributed by atoms with van der Waals surface area (Å²) in [6, 6.07) is 9.02.